The van der Waals surface area contributed by atoms with E-state index in [1.165, 1.54) is 11.3 Å². The largest absolute Gasteiger partial charge is 0.462 e. The molecule has 0 radical (unpaired) electrons. The van der Waals surface area contributed by atoms with Crippen LogP contribution in [0.1, 0.15) is 42.9 Å². The third-order valence-electron chi connectivity index (χ3n) is 2.00. The number of rotatable bonds is 3. The highest BCUT2D eigenvalue weighted by Gasteiger charge is 2.19. The number of ether oxygens (including phenoxy) is 2. The maximum absolute atomic E-state index is 11.6. The van der Waals surface area contributed by atoms with Crippen molar-refractivity contribution in [1.82, 2.24) is 0 Å². The van der Waals surface area contributed by atoms with Crippen LogP contribution in [0.5, 0.6) is 0 Å². The highest BCUT2D eigenvalue weighted by Crippen LogP contribution is 2.27. The first-order valence-electron chi connectivity index (χ1n) is 6.00. The molecule has 1 N–H and O–H groups in total. The first-order valence-corrected chi connectivity index (χ1v) is 6.82. The highest BCUT2D eigenvalue weighted by molar-refractivity contribution is 7.18. The van der Waals surface area contributed by atoms with Gasteiger partial charge in [-0.1, -0.05) is 0 Å². The molecule has 0 unspecified atom stereocenters. The maximum atomic E-state index is 11.6. The Kier molecular flexibility index (Phi) is 4.94. The minimum atomic E-state index is -0.555. The zero-order valence-electron chi connectivity index (χ0n) is 11.8. The molecule has 6 heteroatoms. The van der Waals surface area contributed by atoms with Gasteiger partial charge in [-0.05, 0) is 46.2 Å². The molecule has 0 atom stereocenters. The molecule has 0 saturated heterocycles. The average Bonchev–Trinajstić information content (AvgIpc) is 2.56. The van der Waals surface area contributed by atoms with Crippen molar-refractivity contribution in [2.75, 3.05) is 11.9 Å². The Balaban J connectivity index is 2.74. The van der Waals surface area contributed by atoms with Crippen LogP contribution in [-0.4, -0.2) is 24.3 Å². The molecule has 0 fully saturated rings. The smallest absolute Gasteiger partial charge is 0.412 e. The van der Waals surface area contributed by atoms with Gasteiger partial charge in [0.25, 0.3) is 0 Å². The lowest BCUT2D eigenvalue weighted by Gasteiger charge is -2.19. The number of carbonyl (C=O) groups is 2. The fraction of sp³-hybridized carbons (Fsp3) is 0.538. The van der Waals surface area contributed by atoms with Gasteiger partial charge in [-0.3, -0.25) is 5.32 Å². The summed E-state index contributed by atoms with van der Waals surface area (Å²) in [6.45, 7) is 9.23. The standard InChI is InChI=1S/C13H19NO4S/c1-6-17-11(15)10-8(2)7-9(19-10)14-12(16)18-13(3,4)5/h7H,6H2,1-5H3,(H,14,16). The molecule has 0 bridgehead atoms. The molecule has 1 amide bonds. The minimum Gasteiger partial charge on any atom is -0.462 e. The number of carbonyl (C=O) groups excluding carboxylic acids is 2. The van der Waals surface area contributed by atoms with E-state index in [4.69, 9.17) is 9.47 Å². The van der Waals surface area contributed by atoms with Crippen molar-refractivity contribution in [3.05, 3.63) is 16.5 Å². The first kappa shape index (κ1) is 15.5. The summed E-state index contributed by atoms with van der Waals surface area (Å²) in [6, 6.07) is 1.72. The molecule has 0 aliphatic carbocycles. The van der Waals surface area contributed by atoms with Crippen LogP contribution in [0.25, 0.3) is 0 Å². The van der Waals surface area contributed by atoms with E-state index < -0.39 is 11.7 Å². The highest BCUT2D eigenvalue weighted by atomic mass is 32.1. The van der Waals surface area contributed by atoms with Crippen LogP contribution in [-0.2, 0) is 9.47 Å². The van der Waals surface area contributed by atoms with Crippen molar-refractivity contribution < 1.29 is 19.1 Å². The second-order valence-electron chi connectivity index (χ2n) is 4.97. The van der Waals surface area contributed by atoms with E-state index in [9.17, 15) is 9.59 Å². The summed E-state index contributed by atoms with van der Waals surface area (Å²) in [5.41, 5.74) is 0.217. The van der Waals surface area contributed by atoms with Crippen molar-refractivity contribution >= 4 is 28.4 Å². The van der Waals surface area contributed by atoms with Gasteiger partial charge in [0.15, 0.2) is 0 Å². The van der Waals surface area contributed by atoms with E-state index in [2.05, 4.69) is 5.32 Å². The Labute approximate surface area is 116 Å². The van der Waals surface area contributed by atoms with Crippen molar-refractivity contribution in [2.45, 2.75) is 40.2 Å². The number of aryl methyl sites for hydroxylation is 1. The average molecular weight is 285 g/mol. The van der Waals surface area contributed by atoms with E-state index in [-0.39, 0.29) is 5.97 Å². The topological polar surface area (TPSA) is 64.6 Å². The number of thiophene rings is 1. The van der Waals surface area contributed by atoms with Crippen LogP contribution >= 0.6 is 11.3 Å². The molecule has 0 spiro atoms. The number of nitrogens with one attached hydrogen (secondary N) is 1. The number of hydrogen-bond acceptors (Lipinski definition) is 5. The Morgan fingerprint density at radius 1 is 1.37 bits per heavy atom. The molecule has 1 rings (SSSR count). The minimum absolute atomic E-state index is 0.324. The fourth-order valence-electron chi connectivity index (χ4n) is 1.35. The van der Waals surface area contributed by atoms with Crippen LogP contribution in [0.3, 0.4) is 0 Å². The van der Waals surface area contributed by atoms with E-state index in [0.29, 0.717) is 16.5 Å². The summed E-state index contributed by atoms with van der Waals surface area (Å²) in [5, 5.41) is 3.17. The Bertz CT molecular complexity index is 473. The summed E-state index contributed by atoms with van der Waals surface area (Å²) in [6.07, 6.45) is -0.538. The van der Waals surface area contributed by atoms with Gasteiger partial charge in [-0.2, -0.15) is 0 Å². The monoisotopic (exact) mass is 285 g/mol. The zero-order chi connectivity index (χ0) is 14.6. The van der Waals surface area contributed by atoms with Gasteiger partial charge in [0.2, 0.25) is 0 Å². The van der Waals surface area contributed by atoms with Gasteiger partial charge < -0.3 is 9.47 Å². The van der Waals surface area contributed by atoms with Crippen molar-refractivity contribution in [3.63, 3.8) is 0 Å². The molecule has 0 aromatic carbocycles. The van der Waals surface area contributed by atoms with Crippen molar-refractivity contribution in [2.24, 2.45) is 0 Å². The molecule has 0 aliphatic rings. The molecule has 1 aromatic rings. The molecule has 0 aliphatic heterocycles. The normalized spacial score (nSPS) is 11.0. The lowest BCUT2D eigenvalue weighted by molar-refractivity contribution is 0.0530. The summed E-state index contributed by atoms with van der Waals surface area (Å²) in [5.74, 6) is -0.373. The molecule has 106 valence electrons. The lowest BCUT2D eigenvalue weighted by atomic mass is 10.2. The van der Waals surface area contributed by atoms with Gasteiger partial charge in [-0.25, -0.2) is 9.59 Å². The summed E-state index contributed by atoms with van der Waals surface area (Å²) >= 11 is 1.18. The second-order valence-corrected chi connectivity index (χ2v) is 6.02. The van der Waals surface area contributed by atoms with E-state index in [1.807, 2.05) is 0 Å². The van der Waals surface area contributed by atoms with Crippen molar-refractivity contribution in [1.29, 1.82) is 0 Å². The molecular weight excluding hydrogens is 266 g/mol. The second kappa shape index (κ2) is 6.06. The Morgan fingerprint density at radius 2 is 2.00 bits per heavy atom. The molecule has 0 saturated carbocycles. The van der Waals surface area contributed by atoms with E-state index >= 15 is 0 Å². The van der Waals surface area contributed by atoms with Crippen LogP contribution < -0.4 is 5.32 Å². The predicted octanol–water partition coefficient (Wildman–Crippen LogP) is 3.58. The molecule has 5 nitrogen and oxygen atoms in total. The van der Waals surface area contributed by atoms with E-state index in [0.717, 1.165) is 5.56 Å². The Hall–Kier alpha value is -1.56. The van der Waals surface area contributed by atoms with Crippen LogP contribution in [0.4, 0.5) is 9.80 Å². The summed E-state index contributed by atoms with van der Waals surface area (Å²) in [4.78, 5) is 23.7. The predicted molar refractivity (Wildman–Crippen MR) is 74.9 cm³/mol. The van der Waals surface area contributed by atoms with E-state index in [1.54, 1.807) is 40.7 Å². The maximum Gasteiger partial charge on any atom is 0.412 e. The SMILES string of the molecule is CCOC(=O)c1sc(NC(=O)OC(C)(C)C)cc1C. The molecule has 1 aromatic heterocycles. The third kappa shape index (κ3) is 4.90. The first-order chi connectivity index (χ1) is 8.73. The van der Waals surface area contributed by atoms with Crippen LogP contribution in [0, 0.1) is 6.92 Å². The van der Waals surface area contributed by atoms with Gasteiger partial charge in [0.05, 0.1) is 11.6 Å². The number of anilines is 1. The zero-order valence-corrected chi connectivity index (χ0v) is 12.6. The molecule has 1 heterocycles. The molecular formula is C13H19NO4S. The summed E-state index contributed by atoms with van der Waals surface area (Å²) < 4.78 is 10.1. The van der Waals surface area contributed by atoms with Crippen molar-refractivity contribution in [3.8, 4) is 0 Å². The third-order valence-corrected chi connectivity index (χ3v) is 3.14. The van der Waals surface area contributed by atoms with Crippen LogP contribution in [0.15, 0.2) is 6.07 Å². The summed E-state index contributed by atoms with van der Waals surface area (Å²) in [7, 11) is 0. The number of hydrogen-bond donors (Lipinski definition) is 1. The fourth-order valence-corrected chi connectivity index (χ4v) is 2.30. The number of amides is 1. The van der Waals surface area contributed by atoms with Crippen LogP contribution in [0.2, 0.25) is 0 Å². The van der Waals surface area contributed by atoms with Gasteiger partial charge in [-0.15, -0.1) is 11.3 Å². The van der Waals surface area contributed by atoms with Gasteiger partial charge >= 0.3 is 12.1 Å². The molecule has 19 heavy (non-hydrogen) atoms. The number of esters is 1. The lowest BCUT2D eigenvalue weighted by Crippen LogP contribution is -2.26. The quantitative estimate of drug-likeness (QED) is 0.862. The van der Waals surface area contributed by atoms with Gasteiger partial charge in [0.1, 0.15) is 10.5 Å². The van der Waals surface area contributed by atoms with Gasteiger partial charge in [0, 0.05) is 0 Å². The Morgan fingerprint density at radius 3 is 2.53 bits per heavy atom.